The van der Waals surface area contributed by atoms with E-state index in [-0.39, 0.29) is 17.9 Å². The van der Waals surface area contributed by atoms with Crippen molar-refractivity contribution >= 4 is 5.91 Å². The van der Waals surface area contributed by atoms with E-state index >= 15 is 0 Å². The van der Waals surface area contributed by atoms with E-state index in [1.54, 1.807) is 6.20 Å². The van der Waals surface area contributed by atoms with E-state index in [1.807, 2.05) is 32.0 Å². The van der Waals surface area contributed by atoms with Crippen LogP contribution in [0, 0.1) is 11.8 Å². The molecule has 21 heavy (non-hydrogen) atoms. The molecule has 1 aromatic rings. The van der Waals surface area contributed by atoms with Gasteiger partial charge in [-0.25, -0.2) is 0 Å². The van der Waals surface area contributed by atoms with Crippen LogP contribution < -0.4 is 5.32 Å². The van der Waals surface area contributed by atoms with Crippen molar-refractivity contribution in [1.29, 1.82) is 0 Å². The first-order chi connectivity index (χ1) is 10.1. The summed E-state index contributed by atoms with van der Waals surface area (Å²) in [5.41, 5.74) is 0.943. The Kier molecular flexibility index (Phi) is 5.74. The van der Waals surface area contributed by atoms with Gasteiger partial charge in [-0.2, -0.15) is 0 Å². The number of aliphatic hydroxyl groups excluding tert-OH is 1. The van der Waals surface area contributed by atoms with Gasteiger partial charge in [0.15, 0.2) is 0 Å². The zero-order chi connectivity index (χ0) is 15.2. The minimum absolute atomic E-state index is 0.00803. The summed E-state index contributed by atoms with van der Waals surface area (Å²) in [4.78, 5) is 16.8. The van der Waals surface area contributed by atoms with Gasteiger partial charge < -0.3 is 10.4 Å². The highest BCUT2D eigenvalue weighted by atomic mass is 16.3. The Morgan fingerprint density at radius 3 is 2.76 bits per heavy atom. The third-order valence-electron chi connectivity index (χ3n) is 4.47. The van der Waals surface area contributed by atoms with Crippen molar-refractivity contribution < 1.29 is 9.90 Å². The maximum absolute atomic E-state index is 12.4. The molecule has 1 aromatic heterocycles. The maximum Gasteiger partial charge on any atom is 0.223 e. The molecule has 0 radical (unpaired) electrons. The molecule has 1 aliphatic rings. The van der Waals surface area contributed by atoms with Crippen LogP contribution in [0.2, 0.25) is 0 Å². The van der Waals surface area contributed by atoms with Crippen LogP contribution in [0.1, 0.15) is 57.7 Å². The molecule has 2 N–H and O–H groups in total. The van der Waals surface area contributed by atoms with Crippen molar-refractivity contribution in [3.8, 4) is 0 Å². The van der Waals surface area contributed by atoms with Gasteiger partial charge in [0, 0.05) is 12.1 Å². The minimum atomic E-state index is -0.400. The lowest BCUT2D eigenvalue weighted by atomic mass is 9.78. The number of hydrogen-bond donors (Lipinski definition) is 2. The van der Waals surface area contributed by atoms with Crippen molar-refractivity contribution in [2.75, 3.05) is 0 Å². The van der Waals surface area contributed by atoms with Crippen LogP contribution in [-0.4, -0.2) is 22.1 Å². The average molecular weight is 290 g/mol. The number of amides is 1. The Morgan fingerprint density at radius 1 is 1.48 bits per heavy atom. The Bertz CT molecular complexity index is 445. The largest absolute Gasteiger partial charge is 0.393 e. The molecule has 2 rings (SSSR count). The Morgan fingerprint density at radius 2 is 2.24 bits per heavy atom. The van der Waals surface area contributed by atoms with Gasteiger partial charge in [0.2, 0.25) is 5.91 Å². The lowest BCUT2D eigenvalue weighted by molar-refractivity contribution is -0.127. The predicted octanol–water partition coefficient (Wildman–Crippen LogP) is 2.84. The first-order valence-corrected chi connectivity index (χ1v) is 8.01. The van der Waals surface area contributed by atoms with Crippen LogP contribution in [0.15, 0.2) is 24.4 Å². The smallest absolute Gasteiger partial charge is 0.223 e. The van der Waals surface area contributed by atoms with Gasteiger partial charge in [0.1, 0.15) is 0 Å². The standard InChI is InChI=1S/C17H26N2O2/c1-3-14(20)11-12(2)17(21)19-16(13-7-6-8-13)15-9-4-5-10-18-15/h4-5,9-10,12-14,16,20H,3,6-8,11H2,1-2H3,(H,19,21). The summed E-state index contributed by atoms with van der Waals surface area (Å²) in [6.07, 6.45) is 6.10. The normalized spacial score (nSPS) is 19.4. The fourth-order valence-electron chi connectivity index (χ4n) is 2.74. The highest BCUT2D eigenvalue weighted by Crippen LogP contribution is 2.37. The maximum atomic E-state index is 12.4. The molecule has 0 aliphatic heterocycles. The fraction of sp³-hybridized carbons (Fsp3) is 0.647. The second-order valence-corrected chi connectivity index (χ2v) is 6.13. The zero-order valence-corrected chi connectivity index (χ0v) is 13.0. The summed E-state index contributed by atoms with van der Waals surface area (Å²) in [5.74, 6) is 0.337. The van der Waals surface area contributed by atoms with Gasteiger partial charge >= 0.3 is 0 Å². The van der Waals surface area contributed by atoms with Gasteiger partial charge in [-0.15, -0.1) is 0 Å². The van der Waals surface area contributed by atoms with Crippen molar-refractivity contribution in [3.63, 3.8) is 0 Å². The van der Waals surface area contributed by atoms with Crippen molar-refractivity contribution in [2.45, 2.75) is 58.1 Å². The number of nitrogens with zero attached hydrogens (tertiary/aromatic N) is 1. The van der Waals surface area contributed by atoms with Gasteiger partial charge in [0.05, 0.1) is 17.8 Å². The molecule has 3 unspecified atom stereocenters. The molecule has 0 bridgehead atoms. The van der Waals surface area contributed by atoms with Crippen molar-refractivity contribution in [3.05, 3.63) is 30.1 Å². The number of aromatic nitrogens is 1. The van der Waals surface area contributed by atoms with Gasteiger partial charge in [-0.1, -0.05) is 26.3 Å². The predicted molar refractivity (Wildman–Crippen MR) is 82.5 cm³/mol. The van der Waals surface area contributed by atoms with E-state index in [0.717, 1.165) is 18.5 Å². The summed E-state index contributed by atoms with van der Waals surface area (Å²) in [5, 5.41) is 12.9. The molecule has 1 fully saturated rings. The summed E-state index contributed by atoms with van der Waals surface area (Å²) in [6.45, 7) is 3.81. The molecule has 4 nitrogen and oxygen atoms in total. The Hall–Kier alpha value is -1.42. The number of hydrogen-bond acceptors (Lipinski definition) is 3. The second-order valence-electron chi connectivity index (χ2n) is 6.13. The molecular weight excluding hydrogens is 264 g/mol. The summed E-state index contributed by atoms with van der Waals surface area (Å²) < 4.78 is 0. The monoisotopic (exact) mass is 290 g/mol. The van der Waals surface area contributed by atoms with Gasteiger partial charge in [0.25, 0.3) is 0 Å². The van der Waals surface area contributed by atoms with Crippen LogP contribution in [0.4, 0.5) is 0 Å². The van der Waals surface area contributed by atoms with Crippen molar-refractivity contribution in [1.82, 2.24) is 10.3 Å². The molecule has 116 valence electrons. The molecule has 1 saturated carbocycles. The number of rotatable bonds is 7. The number of aliphatic hydroxyl groups is 1. The van der Waals surface area contributed by atoms with Gasteiger partial charge in [-0.3, -0.25) is 9.78 Å². The fourth-order valence-corrected chi connectivity index (χ4v) is 2.74. The Labute approximate surface area is 127 Å². The number of carbonyl (C=O) groups excluding carboxylic acids is 1. The third kappa shape index (κ3) is 4.27. The molecule has 0 aromatic carbocycles. The van der Waals surface area contributed by atoms with E-state index in [9.17, 15) is 9.90 Å². The highest BCUT2D eigenvalue weighted by Gasteiger charge is 2.31. The lowest BCUT2D eigenvalue weighted by Gasteiger charge is -2.34. The van der Waals surface area contributed by atoms with Crippen LogP contribution in [0.5, 0.6) is 0 Å². The zero-order valence-electron chi connectivity index (χ0n) is 13.0. The van der Waals surface area contributed by atoms with Crippen LogP contribution in [0.3, 0.4) is 0 Å². The van der Waals surface area contributed by atoms with Crippen molar-refractivity contribution in [2.24, 2.45) is 11.8 Å². The molecule has 3 atom stereocenters. The summed E-state index contributed by atoms with van der Waals surface area (Å²) in [7, 11) is 0. The minimum Gasteiger partial charge on any atom is -0.393 e. The van der Waals surface area contributed by atoms with E-state index in [4.69, 9.17) is 0 Å². The topological polar surface area (TPSA) is 62.2 Å². The van der Waals surface area contributed by atoms with E-state index < -0.39 is 6.10 Å². The number of nitrogens with one attached hydrogen (secondary N) is 1. The molecule has 1 heterocycles. The van der Waals surface area contributed by atoms with E-state index in [2.05, 4.69) is 10.3 Å². The first kappa shape index (κ1) is 16.0. The van der Waals surface area contributed by atoms with Crippen LogP contribution in [0.25, 0.3) is 0 Å². The second kappa shape index (κ2) is 7.55. The number of carbonyl (C=O) groups is 1. The quantitative estimate of drug-likeness (QED) is 0.811. The molecule has 1 amide bonds. The molecular formula is C17H26N2O2. The lowest BCUT2D eigenvalue weighted by Crippen LogP contribution is -2.39. The summed E-state index contributed by atoms with van der Waals surface area (Å²) >= 11 is 0. The molecule has 0 saturated heterocycles. The summed E-state index contributed by atoms with van der Waals surface area (Å²) in [6, 6.07) is 5.84. The Balaban J connectivity index is 2.00. The SMILES string of the molecule is CCC(O)CC(C)C(=O)NC(c1ccccn1)C1CCC1. The van der Waals surface area contributed by atoms with Crippen LogP contribution >= 0.6 is 0 Å². The van der Waals surface area contributed by atoms with E-state index in [0.29, 0.717) is 18.8 Å². The average Bonchev–Trinajstić information content (AvgIpc) is 2.45. The highest BCUT2D eigenvalue weighted by molar-refractivity contribution is 5.78. The van der Waals surface area contributed by atoms with E-state index in [1.165, 1.54) is 6.42 Å². The third-order valence-corrected chi connectivity index (χ3v) is 4.47. The van der Waals surface area contributed by atoms with Gasteiger partial charge in [-0.05, 0) is 43.7 Å². The first-order valence-electron chi connectivity index (χ1n) is 8.01. The molecule has 0 spiro atoms. The number of pyridine rings is 1. The van der Waals surface area contributed by atoms with Crippen LogP contribution in [-0.2, 0) is 4.79 Å². The molecule has 1 aliphatic carbocycles. The molecule has 4 heteroatoms.